The second-order valence-electron chi connectivity index (χ2n) is 12.0. The van der Waals surface area contributed by atoms with Gasteiger partial charge in [0.1, 0.15) is 17.4 Å². The lowest BCUT2D eigenvalue weighted by molar-refractivity contribution is 0.0981. The van der Waals surface area contributed by atoms with Crippen LogP contribution < -0.4 is 19.8 Å². The van der Waals surface area contributed by atoms with Gasteiger partial charge < -0.3 is 25.5 Å². The summed E-state index contributed by atoms with van der Waals surface area (Å²) < 4.78 is 42.2. The number of piperidine rings is 1. The first-order valence-electron chi connectivity index (χ1n) is 15.3. The van der Waals surface area contributed by atoms with Crippen molar-refractivity contribution < 1.29 is 17.9 Å². The number of piperazine rings is 1. The Morgan fingerprint density at radius 2 is 1.81 bits per heavy atom. The van der Waals surface area contributed by atoms with E-state index in [1.165, 1.54) is 31.4 Å². The number of H-pyrrole nitrogens is 1. The number of benzene rings is 2. The molecule has 0 spiro atoms. The highest BCUT2D eigenvalue weighted by Crippen LogP contribution is 2.39. The molecule has 2 saturated heterocycles. The third-order valence-corrected chi connectivity index (χ3v) is 10.6. The van der Waals surface area contributed by atoms with E-state index in [2.05, 4.69) is 68.5 Å². The quantitative estimate of drug-likeness (QED) is 0.180. The third-order valence-electron chi connectivity index (χ3n) is 8.78. The summed E-state index contributed by atoms with van der Waals surface area (Å²) in [6, 6.07) is 8.15. The zero-order valence-corrected chi connectivity index (χ0v) is 28.8. The number of sulfonamides is 1. The zero-order valence-electron chi connectivity index (χ0n) is 26.4. The molecular formula is C31H38BrFN10O3S. The van der Waals surface area contributed by atoms with Crippen LogP contribution in [0.2, 0.25) is 0 Å². The Morgan fingerprint density at radius 3 is 2.49 bits per heavy atom. The van der Waals surface area contributed by atoms with Crippen LogP contribution in [0.3, 0.4) is 0 Å². The van der Waals surface area contributed by atoms with Gasteiger partial charge in [-0.25, -0.2) is 17.8 Å². The lowest BCUT2D eigenvalue weighted by Crippen LogP contribution is -2.52. The third kappa shape index (κ3) is 7.45. The SMILES string of the molecule is CN1CCN(C2CCN(c3c(F)cc(Nc4ncc(Br)c(Nc5ccc(O)cc5N(C)S(C)(=O)=O)n4)cc3-c3cn[nH]c3)CC2)CC1. The number of anilines is 6. The van der Waals surface area contributed by atoms with E-state index < -0.39 is 10.0 Å². The topological polar surface area (TPSA) is 146 Å². The van der Waals surface area contributed by atoms with Crippen LogP contribution in [-0.2, 0) is 10.0 Å². The molecule has 0 unspecified atom stereocenters. The highest BCUT2D eigenvalue weighted by Gasteiger charge is 2.29. The van der Waals surface area contributed by atoms with Crippen LogP contribution in [0.5, 0.6) is 5.75 Å². The van der Waals surface area contributed by atoms with Crippen LogP contribution in [0.25, 0.3) is 11.1 Å². The zero-order chi connectivity index (χ0) is 33.3. The van der Waals surface area contributed by atoms with E-state index in [4.69, 9.17) is 0 Å². The number of aromatic nitrogens is 4. The summed E-state index contributed by atoms with van der Waals surface area (Å²) in [6.45, 7) is 5.80. The number of phenolic OH excluding ortho intramolecular Hbond substituents is 1. The number of halogens is 2. The molecule has 0 aliphatic carbocycles. The van der Waals surface area contributed by atoms with Crippen molar-refractivity contribution in [2.45, 2.75) is 18.9 Å². The normalized spacial score (nSPS) is 16.7. The molecule has 2 aromatic carbocycles. The minimum absolute atomic E-state index is 0.0940. The summed E-state index contributed by atoms with van der Waals surface area (Å²) in [7, 11) is -0.0674. The smallest absolute Gasteiger partial charge is 0.232 e. The number of hydrogen-bond donors (Lipinski definition) is 4. The van der Waals surface area contributed by atoms with Crippen LogP contribution in [0.15, 0.2) is 53.4 Å². The maximum absolute atomic E-state index is 16.1. The highest BCUT2D eigenvalue weighted by molar-refractivity contribution is 9.10. The summed E-state index contributed by atoms with van der Waals surface area (Å²) in [5.41, 5.74) is 3.07. The maximum atomic E-state index is 16.1. The number of hydrogen-bond acceptors (Lipinski definition) is 11. The molecule has 0 atom stereocenters. The molecule has 4 heterocycles. The Balaban J connectivity index is 1.24. The number of likely N-dealkylation sites (N-methyl/N-ethyl adjacent to an activating group) is 1. The van der Waals surface area contributed by atoms with Crippen LogP contribution in [0, 0.1) is 5.82 Å². The summed E-state index contributed by atoms with van der Waals surface area (Å²) in [5.74, 6) is 0.0539. The van der Waals surface area contributed by atoms with Gasteiger partial charge in [0.25, 0.3) is 0 Å². The Labute approximate surface area is 282 Å². The Hall–Kier alpha value is -3.99. The van der Waals surface area contributed by atoms with E-state index in [0.29, 0.717) is 39.0 Å². The summed E-state index contributed by atoms with van der Waals surface area (Å²) in [6.07, 6.45) is 7.98. The fourth-order valence-electron chi connectivity index (χ4n) is 6.09. The van der Waals surface area contributed by atoms with Crippen LogP contribution >= 0.6 is 15.9 Å². The monoisotopic (exact) mass is 728 g/mol. The van der Waals surface area contributed by atoms with Gasteiger partial charge in [0.15, 0.2) is 0 Å². The fraction of sp³-hybridized carbons (Fsp3) is 0.387. The molecule has 6 rings (SSSR count). The van der Waals surface area contributed by atoms with E-state index in [0.717, 1.165) is 68.2 Å². The minimum atomic E-state index is -3.62. The van der Waals surface area contributed by atoms with Gasteiger partial charge in [-0.15, -0.1) is 0 Å². The molecule has 2 fully saturated rings. The second-order valence-corrected chi connectivity index (χ2v) is 14.8. The van der Waals surface area contributed by atoms with Gasteiger partial charge in [-0.1, -0.05) is 0 Å². The van der Waals surface area contributed by atoms with Gasteiger partial charge in [0.2, 0.25) is 16.0 Å². The van der Waals surface area contributed by atoms with Crippen molar-refractivity contribution in [2.75, 3.05) is 79.5 Å². The van der Waals surface area contributed by atoms with E-state index in [1.807, 2.05) is 6.07 Å². The van der Waals surface area contributed by atoms with Crippen LogP contribution in [-0.4, -0.2) is 109 Å². The predicted octanol–water partition coefficient (Wildman–Crippen LogP) is 4.57. The number of nitrogens with one attached hydrogen (secondary N) is 3. The molecule has 47 heavy (non-hydrogen) atoms. The average Bonchev–Trinajstić information content (AvgIpc) is 3.58. The Bertz CT molecular complexity index is 1830. The number of nitrogens with zero attached hydrogens (tertiary/aromatic N) is 7. The largest absolute Gasteiger partial charge is 0.508 e. The molecule has 4 aromatic rings. The maximum Gasteiger partial charge on any atom is 0.232 e. The molecular weight excluding hydrogens is 691 g/mol. The van der Waals surface area contributed by atoms with E-state index in [-0.39, 0.29) is 23.2 Å². The standard InChI is InChI=1S/C31H38BrFN10O3S/c1-40-10-12-42(13-11-40)22-6-8-43(9-7-22)29-24(20-17-35-36-18-20)14-21(15-26(29)33)37-31-34-19-25(32)30(39-31)38-27-5-4-23(44)16-28(27)41(2)47(3,45)46/h4-5,14-19,22,44H,6-13H2,1-3H3,(H,35,36)(H2,34,37,38,39). The van der Waals surface area contributed by atoms with Gasteiger partial charge in [-0.05, 0) is 60.1 Å². The molecule has 0 radical (unpaired) electrons. The van der Waals surface area contributed by atoms with Gasteiger partial charge in [0.05, 0.1) is 34.0 Å². The molecule has 16 heteroatoms. The van der Waals surface area contributed by atoms with Crippen LogP contribution in [0.1, 0.15) is 12.8 Å². The predicted molar refractivity (Wildman–Crippen MR) is 186 cm³/mol. The van der Waals surface area contributed by atoms with E-state index in [1.54, 1.807) is 18.5 Å². The van der Waals surface area contributed by atoms with Crippen LogP contribution in [0.4, 0.5) is 38.9 Å². The molecule has 0 bridgehead atoms. The molecule has 2 aliphatic heterocycles. The van der Waals surface area contributed by atoms with Crippen molar-refractivity contribution in [3.8, 4) is 16.9 Å². The van der Waals surface area contributed by atoms with Crippen molar-refractivity contribution in [2.24, 2.45) is 0 Å². The number of aromatic hydroxyl groups is 1. The van der Waals surface area contributed by atoms with Crippen molar-refractivity contribution in [1.29, 1.82) is 0 Å². The molecule has 0 saturated carbocycles. The second kappa shape index (κ2) is 13.6. The minimum Gasteiger partial charge on any atom is -0.508 e. The summed E-state index contributed by atoms with van der Waals surface area (Å²) in [4.78, 5) is 16.0. The molecule has 4 N–H and O–H groups in total. The lowest BCUT2D eigenvalue weighted by atomic mass is 9.98. The Kier molecular flexibility index (Phi) is 9.55. The van der Waals surface area contributed by atoms with E-state index >= 15 is 4.39 Å². The van der Waals surface area contributed by atoms with Gasteiger partial charge in [0, 0.05) is 87.6 Å². The van der Waals surface area contributed by atoms with Crippen molar-refractivity contribution in [3.63, 3.8) is 0 Å². The Morgan fingerprint density at radius 1 is 1.06 bits per heavy atom. The lowest BCUT2D eigenvalue weighted by Gasteiger charge is -2.43. The fourth-order valence-corrected chi connectivity index (χ4v) is 6.89. The van der Waals surface area contributed by atoms with Gasteiger partial charge in [-0.2, -0.15) is 10.1 Å². The molecule has 2 aromatic heterocycles. The van der Waals surface area contributed by atoms with Crippen molar-refractivity contribution in [3.05, 3.63) is 59.2 Å². The number of phenols is 1. The molecule has 13 nitrogen and oxygen atoms in total. The first-order valence-corrected chi connectivity index (χ1v) is 17.9. The van der Waals surface area contributed by atoms with Gasteiger partial charge in [-0.3, -0.25) is 14.3 Å². The van der Waals surface area contributed by atoms with Gasteiger partial charge >= 0.3 is 0 Å². The summed E-state index contributed by atoms with van der Waals surface area (Å²) >= 11 is 3.45. The van der Waals surface area contributed by atoms with Crippen molar-refractivity contribution >= 4 is 60.5 Å². The summed E-state index contributed by atoms with van der Waals surface area (Å²) in [5, 5.41) is 23.2. The molecule has 0 amide bonds. The highest BCUT2D eigenvalue weighted by atomic mass is 79.9. The first-order chi connectivity index (χ1) is 22.5. The average molecular weight is 730 g/mol. The first kappa shape index (κ1) is 32.9. The number of rotatable bonds is 9. The number of aromatic amines is 1. The van der Waals surface area contributed by atoms with Crippen molar-refractivity contribution in [1.82, 2.24) is 30.0 Å². The molecule has 2 aliphatic rings. The van der Waals surface area contributed by atoms with E-state index in [9.17, 15) is 13.5 Å². The molecule has 250 valence electrons.